The van der Waals surface area contributed by atoms with Gasteiger partial charge in [-0.15, -0.1) is 0 Å². The summed E-state index contributed by atoms with van der Waals surface area (Å²) >= 11 is 6.38. The minimum absolute atomic E-state index is 0.0245. The third kappa shape index (κ3) is 5.56. The first-order valence-corrected chi connectivity index (χ1v) is 9.91. The highest BCUT2D eigenvalue weighted by Gasteiger charge is 2.11. The van der Waals surface area contributed by atoms with Gasteiger partial charge in [-0.1, -0.05) is 54.9 Å². The summed E-state index contributed by atoms with van der Waals surface area (Å²) in [6.45, 7) is 2.05. The number of amides is 1. The molecule has 0 bridgehead atoms. The van der Waals surface area contributed by atoms with Gasteiger partial charge in [0.05, 0.1) is 0 Å². The molecule has 0 aliphatic heterocycles. The largest absolute Gasteiger partial charge is 0.321 e. The Morgan fingerprint density at radius 3 is 2.50 bits per heavy atom. The van der Waals surface area contributed by atoms with E-state index in [9.17, 15) is 14.4 Å². The van der Waals surface area contributed by atoms with Crippen LogP contribution in [0.15, 0.2) is 72.3 Å². The number of hydrogen-bond donors (Lipinski definition) is 1. The number of carbonyl (C=O) groups excluding carboxylic acids is 1. The number of aryl methyl sites for hydroxylation is 1. The number of nitrogens with zero attached hydrogens (tertiary/aromatic N) is 1. The van der Waals surface area contributed by atoms with Crippen LogP contribution in [0.5, 0.6) is 0 Å². The highest BCUT2D eigenvalue weighted by atomic mass is 35.5. The van der Waals surface area contributed by atoms with Crippen molar-refractivity contribution in [2.24, 2.45) is 0 Å². The summed E-state index contributed by atoms with van der Waals surface area (Å²) in [5.74, 6) is -0.779. The molecule has 0 aromatic heterocycles. The van der Waals surface area contributed by atoms with Gasteiger partial charge in [0.1, 0.15) is 17.5 Å². The van der Waals surface area contributed by atoms with E-state index in [-0.39, 0.29) is 11.4 Å². The van der Waals surface area contributed by atoms with Crippen LogP contribution in [-0.4, -0.2) is 5.91 Å². The van der Waals surface area contributed by atoms with Gasteiger partial charge in [-0.3, -0.25) is 4.79 Å². The summed E-state index contributed by atoms with van der Waals surface area (Å²) in [5.41, 5.74) is 4.04. The molecule has 0 radical (unpaired) electrons. The van der Waals surface area contributed by atoms with E-state index in [1.807, 2.05) is 42.5 Å². The van der Waals surface area contributed by atoms with E-state index in [4.69, 9.17) is 11.6 Å². The van der Waals surface area contributed by atoms with Crippen molar-refractivity contribution in [1.82, 2.24) is 0 Å². The van der Waals surface area contributed by atoms with Crippen molar-refractivity contribution in [2.45, 2.75) is 19.8 Å². The number of nitriles is 1. The summed E-state index contributed by atoms with van der Waals surface area (Å²) in [5, 5.41) is 12.6. The van der Waals surface area contributed by atoms with Crippen molar-refractivity contribution >= 4 is 29.3 Å². The molecular weight excluding hydrogens is 399 g/mol. The number of hydrogen-bond acceptors (Lipinski definition) is 2. The minimum Gasteiger partial charge on any atom is -0.321 e. The summed E-state index contributed by atoms with van der Waals surface area (Å²) in [6, 6.07) is 21.1. The van der Waals surface area contributed by atoms with Gasteiger partial charge in [0.25, 0.3) is 5.91 Å². The first-order chi connectivity index (χ1) is 14.5. The Balaban J connectivity index is 1.75. The topological polar surface area (TPSA) is 52.9 Å². The standard InChI is InChI=1S/C25H20ClFN2O/c1-2-17-7-10-23(11-8-17)29-25(30)21(16-28)13-19-6-9-20(24(26)15-19)12-18-4-3-5-22(27)14-18/h3-11,13-15H,2,12H2,1H3,(H,29,30)/b21-13+. The molecule has 0 fully saturated rings. The Morgan fingerprint density at radius 1 is 1.10 bits per heavy atom. The predicted molar refractivity (Wildman–Crippen MR) is 119 cm³/mol. The lowest BCUT2D eigenvalue weighted by molar-refractivity contribution is -0.112. The van der Waals surface area contributed by atoms with E-state index in [1.54, 1.807) is 18.2 Å². The maximum Gasteiger partial charge on any atom is 0.266 e. The zero-order valence-corrected chi connectivity index (χ0v) is 17.2. The van der Waals surface area contributed by atoms with Crippen molar-refractivity contribution in [3.63, 3.8) is 0 Å². The van der Waals surface area contributed by atoms with Crippen LogP contribution in [0.4, 0.5) is 10.1 Å². The van der Waals surface area contributed by atoms with Crippen LogP contribution < -0.4 is 5.32 Å². The molecular formula is C25H20ClFN2O. The van der Waals surface area contributed by atoms with Crippen LogP contribution in [0, 0.1) is 17.1 Å². The molecule has 5 heteroatoms. The van der Waals surface area contributed by atoms with Crippen LogP contribution >= 0.6 is 11.6 Å². The minimum atomic E-state index is -0.485. The molecule has 1 N–H and O–H groups in total. The highest BCUT2D eigenvalue weighted by molar-refractivity contribution is 6.31. The number of rotatable bonds is 6. The molecule has 0 atom stereocenters. The fourth-order valence-electron chi connectivity index (χ4n) is 3.00. The molecule has 3 nitrogen and oxygen atoms in total. The second kappa shape index (κ2) is 9.87. The maximum absolute atomic E-state index is 13.4. The third-order valence-corrected chi connectivity index (χ3v) is 5.01. The van der Waals surface area contributed by atoms with E-state index in [2.05, 4.69) is 12.2 Å². The molecule has 0 spiro atoms. The molecule has 3 aromatic rings. The molecule has 0 saturated carbocycles. The molecule has 0 aliphatic rings. The molecule has 0 aliphatic carbocycles. The molecule has 0 heterocycles. The zero-order chi connectivity index (χ0) is 21.5. The van der Waals surface area contributed by atoms with Gasteiger partial charge < -0.3 is 5.32 Å². The first-order valence-electron chi connectivity index (χ1n) is 9.53. The van der Waals surface area contributed by atoms with E-state index < -0.39 is 5.91 Å². The highest BCUT2D eigenvalue weighted by Crippen LogP contribution is 2.23. The molecule has 0 unspecified atom stereocenters. The average Bonchev–Trinajstić information content (AvgIpc) is 2.74. The summed E-state index contributed by atoms with van der Waals surface area (Å²) in [4.78, 5) is 12.5. The Morgan fingerprint density at radius 2 is 1.87 bits per heavy atom. The Hall–Kier alpha value is -3.42. The zero-order valence-electron chi connectivity index (χ0n) is 16.5. The second-order valence-electron chi connectivity index (χ2n) is 6.83. The molecule has 150 valence electrons. The smallest absolute Gasteiger partial charge is 0.266 e. The first kappa shape index (κ1) is 21.3. The molecule has 3 rings (SSSR count). The van der Waals surface area contributed by atoms with Gasteiger partial charge in [-0.25, -0.2) is 4.39 Å². The fraction of sp³-hybridized carbons (Fsp3) is 0.120. The van der Waals surface area contributed by atoms with Crippen molar-refractivity contribution in [2.75, 3.05) is 5.32 Å². The third-order valence-electron chi connectivity index (χ3n) is 4.66. The summed E-state index contributed by atoms with van der Waals surface area (Å²) in [6.07, 6.45) is 2.89. The van der Waals surface area contributed by atoms with Crippen LogP contribution in [0.25, 0.3) is 6.08 Å². The van der Waals surface area contributed by atoms with Gasteiger partial charge in [0.2, 0.25) is 0 Å². The lowest BCUT2D eigenvalue weighted by Crippen LogP contribution is -2.13. The molecule has 3 aromatic carbocycles. The van der Waals surface area contributed by atoms with Crippen LogP contribution in [0.3, 0.4) is 0 Å². The van der Waals surface area contributed by atoms with Gasteiger partial charge in [-0.2, -0.15) is 5.26 Å². The number of halogens is 2. The Bertz CT molecular complexity index is 1130. The van der Waals surface area contributed by atoms with Crippen LogP contribution in [-0.2, 0) is 17.6 Å². The van der Waals surface area contributed by atoms with E-state index >= 15 is 0 Å². The van der Waals surface area contributed by atoms with E-state index in [1.165, 1.54) is 18.2 Å². The number of benzene rings is 3. The average molecular weight is 419 g/mol. The Labute approximate surface area is 180 Å². The van der Waals surface area contributed by atoms with Crippen molar-refractivity contribution in [3.05, 3.63) is 105 Å². The van der Waals surface area contributed by atoms with Crippen molar-refractivity contribution in [1.29, 1.82) is 5.26 Å². The van der Waals surface area contributed by atoms with Crippen molar-refractivity contribution < 1.29 is 9.18 Å². The maximum atomic E-state index is 13.4. The number of carbonyl (C=O) groups is 1. The van der Waals surface area contributed by atoms with Gasteiger partial charge in [0.15, 0.2) is 0 Å². The lowest BCUT2D eigenvalue weighted by atomic mass is 10.0. The monoisotopic (exact) mass is 418 g/mol. The second-order valence-corrected chi connectivity index (χ2v) is 7.24. The Kier molecular flexibility index (Phi) is 7.00. The lowest BCUT2D eigenvalue weighted by Gasteiger charge is -2.07. The normalized spacial score (nSPS) is 11.1. The quantitative estimate of drug-likeness (QED) is 0.384. The molecule has 30 heavy (non-hydrogen) atoms. The fourth-order valence-corrected chi connectivity index (χ4v) is 3.26. The predicted octanol–water partition coefficient (Wildman–Crippen LogP) is 6.18. The van der Waals surface area contributed by atoms with Crippen LogP contribution in [0.1, 0.15) is 29.2 Å². The van der Waals surface area contributed by atoms with Gasteiger partial charge >= 0.3 is 0 Å². The van der Waals surface area contributed by atoms with E-state index in [0.29, 0.717) is 22.7 Å². The van der Waals surface area contributed by atoms with Gasteiger partial charge in [0, 0.05) is 10.7 Å². The SMILES string of the molecule is CCc1ccc(NC(=O)/C(C#N)=C/c2ccc(Cc3cccc(F)c3)c(Cl)c2)cc1. The summed E-state index contributed by atoms with van der Waals surface area (Å²) < 4.78 is 13.4. The van der Waals surface area contributed by atoms with Crippen molar-refractivity contribution in [3.8, 4) is 6.07 Å². The molecule has 1 amide bonds. The van der Waals surface area contributed by atoms with Crippen LogP contribution in [0.2, 0.25) is 5.02 Å². The number of anilines is 1. The van der Waals surface area contributed by atoms with Gasteiger partial charge in [-0.05, 0) is 71.5 Å². The van der Waals surface area contributed by atoms with E-state index in [0.717, 1.165) is 23.1 Å². The molecule has 0 saturated heterocycles. The number of nitrogens with one attached hydrogen (secondary N) is 1. The summed E-state index contributed by atoms with van der Waals surface area (Å²) in [7, 11) is 0.